The van der Waals surface area contributed by atoms with Gasteiger partial charge in [0.25, 0.3) is 0 Å². The molecule has 0 N–H and O–H groups in total. The molecule has 1 amide bonds. The minimum absolute atomic E-state index is 0. The average Bonchev–Trinajstić information content (AvgIpc) is 2.69. The van der Waals surface area contributed by atoms with Gasteiger partial charge in [-0.1, -0.05) is 74.5 Å². The van der Waals surface area contributed by atoms with E-state index in [1.807, 2.05) is 50.5 Å². The molecular weight excluding hydrogens is 356 g/mol. The van der Waals surface area contributed by atoms with E-state index in [1.165, 1.54) is 0 Å². The smallest absolute Gasteiger partial charge is 0.237 e. The van der Waals surface area contributed by atoms with Crippen LogP contribution in [0.4, 0.5) is 0 Å². The van der Waals surface area contributed by atoms with Crippen molar-refractivity contribution in [3.05, 3.63) is 71.8 Å². The molecule has 0 spiro atoms. The van der Waals surface area contributed by atoms with E-state index in [4.69, 9.17) is 0 Å². The van der Waals surface area contributed by atoms with E-state index in [-0.39, 0.29) is 18.3 Å². The van der Waals surface area contributed by atoms with E-state index in [9.17, 15) is 4.79 Å². The first-order valence-corrected chi connectivity index (χ1v) is 9.61. The van der Waals surface area contributed by atoms with E-state index in [0.29, 0.717) is 0 Å². The Bertz CT molecular complexity index is 630. The fourth-order valence-corrected chi connectivity index (χ4v) is 3.74. The number of rotatable bonds is 9. The van der Waals surface area contributed by atoms with Gasteiger partial charge in [0.15, 0.2) is 0 Å². The summed E-state index contributed by atoms with van der Waals surface area (Å²) >= 11 is 0. The number of carbonyl (C=O) groups excluding carboxylic acids is 1. The van der Waals surface area contributed by atoms with Crippen LogP contribution in [0.25, 0.3) is 0 Å². The molecule has 0 aliphatic heterocycles. The quantitative estimate of drug-likeness (QED) is 0.626. The maximum absolute atomic E-state index is 13.5. The molecule has 2 aromatic carbocycles. The van der Waals surface area contributed by atoms with E-state index in [1.54, 1.807) is 4.90 Å². The predicted molar refractivity (Wildman–Crippen MR) is 117 cm³/mol. The molecule has 0 saturated heterocycles. The Labute approximate surface area is 170 Å². The van der Waals surface area contributed by atoms with E-state index < -0.39 is 5.41 Å². The molecule has 2 rings (SSSR count). The van der Waals surface area contributed by atoms with Crippen LogP contribution in [0.3, 0.4) is 0 Å². The molecule has 0 bridgehead atoms. The molecule has 27 heavy (non-hydrogen) atoms. The third-order valence-electron chi connectivity index (χ3n) is 5.22. The van der Waals surface area contributed by atoms with Crippen LogP contribution >= 0.6 is 12.4 Å². The molecule has 2 aromatic rings. The molecule has 0 saturated carbocycles. The molecular formula is C23H33ClN2O. The summed E-state index contributed by atoms with van der Waals surface area (Å²) in [7, 11) is 3.71. The van der Waals surface area contributed by atoms with Crippen LogP contribution in [0.1, 0.15) is 37.8 Å². The second-order valence-corrected chi connectivity index (χ2v) is 6.97. The van der Waals surface area contributed by atoms with Crippen LogP contribution in [-0.4, -0.2) is 49.4 Å². The van der Waals surface area contributed by atoms with Crippen LogP contribution in [0.2, 0.25) is 0 Å². The van der Waals surface area contributed by atoms with Crippen molar-refractivity contribution in [1.29, 1.82) is 0 Å². The van der Waals surface area contributed by atoms with Gasteiger partial charge in [-0.2, -0.15) is 0 Å². The monoisotopic (exact) mass is 388 g/mol. The Kier molecular flexibility index (Phi) is 9.54. The second-order valence-electron chi connectivity index (χ2n) is 6.97. The number of hydrogen-bond donors (Lipinski definition) is 0. The first-order chi connectivity index (χ1) is 12.6. The first-order valence-electron chi connectivity index (χ1n) is 9.61. The SMILES string of the molecule is CCN(CC)CCCC(C(=O)N(C)C)(c1ccccc1)c1ccccc1.Cl. The highest BCUT2D eigenvalue weighted by Gasteiger charge is 2.42. The lowest BCUT2D eigenvalue weighted by molar-refractivity contribution is -0.133. The van der Waals surface area contributed by atoms with Gasteiger partial charge in [-0.15, -0.1) is 12.4 Å². The van der Waals surface area contributed by atoms with Crippen molar-refractivity contribution in [3.63, 3.8) is 0 Å². The molecule has 0 heterocycles. The maximum atomic E-state index is 13.5. The summed E-state index contributed by atoms with van der Waals surface area (Å²) in [5, 5.41) is 0. The number of carbonyl (C=O) groups is 1. The Balaban J connectivity index is 0.00000364. The minimum atomic E-state index is -0.640. The van der Waals surface area contributed by atoms with Gasteiger partial charge in [0.2, 0.25) is 5.91 Å². The number of hydrogen-bond acceptors (Lipinski definition) is 2. The van der Waals surface area contributed by atoms with Crippen molar-refractivity contribution < 1.29 is 4.79 Å². The lowest BCUT2D eigenvalue weighted by Gasteiger charge is -2.36. The van der Waals surface area contributed by atoms with Crippen LogP contribution in [0.5, 0.6) is 0 Å². The number of likely N-dealkylation sites (N-methyl/N-ethyl adjacent to an activating group) is 1. The summed E-state index contributed by atoms with van der Waals surface area (Å²) in [6.45, 7) is 7.48. The van der Waals surface area contributed by atoms with E-state index >= 15 is 0 Å². The summed E-state index contributed by atoms with van der Waals surface area (Å²) in [5.41, 5.74) is 1.51. The number of amides is 1. The van der Waals surface area contributed by atoms with Gasteiger partial charge in [0, 0.05) is 14.1 Å². The van der Waals surface area contributed by atoms with Crippen molar-refractivity contribution in [2.24, 2.45) is 0 Å². The number of nitrogens with zero attached hydrogens (tertiary/aromatic N) is 2. The van der Waals surface area contributed by atoms with Gasteiger partial charge < -0.3 is 9.80 Å². The van der Waals surface area contributed by atoms with Crippen LogP contribution < -0.4 is 0 Å². The third-order valence-corrected chi connectivity index (χ3v) is 5.22. The van der Waals surface area contributed by atoms with Gasteiger partial charge in [-0.3, -0.25) is 4.79 Å². The highest BCUT2D eigenvalue weighted by molar-refractivity contribution is 5.91. The third kappa shape index (κ3) is 5.33. The Morgan fingerprint density at radius 2 is 1.30 bits per heavy atom. The molecule has 148 valence electrons. The number of halogens is 1. The minimum Gasteiger partial charge on any atom is -0.348 e. The Hall–Kier alpha value is -1.84. The zero-order valence-electron chi connectivity index (χ0n) is 17.0. The van der Waals surface area contributed by atoms with Crippen LogP contribution in [0.15, 0.2) is 60.7 Å². The summed E-state index contributed by atoms with van der Waals surface area (Å²) in [4.78, 5) is 17.6. The fourth-order valence-electron chi connectivity index (χ4n) is 3.74. The van der Waals surface area contributed by atoms with Crippen molar-refractivity contribution in [1.82, 2.24) is 9.80 Å². The van der Waals surface area contributed by atoms with Crippen molar-refractivity contribution in [2.75, 3.05) is 33.7 Å². The van der Waals surface area contributed by atoms with Gasteiger partial charge in [-0.05, 0) is 43.6 Å². The molecule has 0 aromatic heterocycles. The molecule has 0 aliphatic rings. The zero-order valence-corrected chi connectivity index (χ0v) is 17.8. The standard InChI is InChI=1S/C23H32N2O.ClH/c1-5-25(6-2)19-13-18-23(22(26)24(3)4,20-14-9-7-10-15-20)21-16-11-8-12-17-21;/h7-12,14-17H,5-6,13,18-19H2,1-4H3;1H. The van der Waals surface area contributed by atoms with Gasteiger partial charge in [0.1, 0.15) is 0 Å². The van der Waals surface area contributed by atoms with Crippen molar-refractivity contribution >= 4 is 18.3 Å². The summed E-state index contributed by atoms with van der Waals surface area (Å²) in [6.07, 6.45) is 1.78. The van der Waals surface area contributed by atoms with Gasteiger partial charge >= 0.3 is 0 Å². The van der Waals surface area contributed by atoms with Crippen molar-refractivity contribution in [2.45, 2.75) is 32.1 Å². The lowest BCUT2D eigenvalue weighted by Crippen LogP contribution is -2.45. The Morgan fingerprint density at radius 3 is 1.67 bits per heavy atom. The second kappa shape index (κ2) is 11.1. The topological polar surface area (TPSA) is 23.6 Å². The summed E-state index contributed by atoms with van der Waals surface area (Å²) in [6, 6.07) is 20.5. The van der Waals surface area contributed by atoms with Crippen LogP contribution in [-0.2, 0) is 10.2 Å². The number of benzene rings is 2. The predicted octanol–water partition coefficient (Wildman–Crippen LogP) is 4.60. The van der Waals surface area contributed by atoms with Gasteiger partial charge in [0.05, 0.1) is 5.41 Å². The highest BCUT2D eigenvalue weighted by atomic mass is 35.5. The molecule has 0 radical (unpaired) electrons. The molecule has 0 fully saturated rings. The molecule has 3 nitrogen and oxygen atoms in total. The normalized spacial score (nSPS) is 11.1. The van der Waals surface area contributed by atoms with E-state index in [0.717, 1.165) is 43.6 Å². The summed E-state index contributed by atoms with van der Waals surface area (Å²) in [5.74, 6) is 0.148. The highest BCUT2D eigenvalue weighted by Crippen LogP contribution is 2.38. The fraction of sp³-hybridized carbons (Fsp3) is 0.435. The molecule has 0 aliphatic carbocycles. The van der Waals surface area contributed by atoms with Crippen molar-refractivity contribution in [3.8, 4) is 0 Å². The average molecular weight is 389 g/mol. The largest absolute Gasteiger partial charge is 0.348 e. The van der Waals surface area contributed by atoms with Gasteiger partial charge in [-0.25, -0.2) is 0 Å². The molecule has 0 unspecified atom stereocenters. The Morgan fingerprint density at radius 1 is 0.852 bits per heavy atom. The zero-order chi connectivity index (χ0) is 19.0. The summed E-state index contributed by atoms with van der Waals surface area (Å²) < 4.78 is 0. The molecule has 4 heteroatoms. The van der Waals surface area contributed by atoms with Crippen LogP contribution in [0, 0.1) is 0 Å². The molecule has 0 atom stereocenters. The lowest BCUT2D eigenvalue weighted by atomic mass is 9.70. The maximum Gasteiger partial charge on any atom is 0.237 e. The van der Waals surface area contributed by atoms with E-state index in [2.05, 4.69) is 43.0 Å². The first kappa shape index (κ1) is 23.2.